The van der Waals surface area contributed by atoms with Gasteiger partial charge in [-0.1, -0.05) is 0 Å². The largest absolute Gasteiger partial charge is 0.454 e. The molecule has 3 aliphatic rings. The minimum Gasteiger partial charge on any atom is -0.454 e. The lowest BCUT2D eigenvalue weighted by Crippen LogP contribution is -2.42. The molecule has 2 bridgehead atoms. The zero-order valence-electron chi connectivity index (χ0n) is 15.9. The van der Waals surface area contributed by atoms with Gasteiger partial charge in [0.25, 0.3) is 0 Å². The van der Waals surface area contributed by atoms with Gasteiger partial charge in [-0.25, -0.2) is 4.79 Å². The zero-order valence-corrected chi connectivity index (χ0v) is 15.9. The fraction of sp³-hybridized carbons (Fsp3) is 0.850. The highest BCUT2D eigenvalue weighted by molar-refractivity contribution is 5.91. The maximum absolute atomic E-state index is 12.1. The third-order valence-corrected chi connectivity index (χ3v) is 6.43. The molecule has 0 aromatic heterocycles. The Kier molecular flexibility index (Phi) is 4.80. The van der Waals surface area contributed by atoms with Gasteiger partial charge in [-0.15, -0.1) is 0 Å². The molecule has 0 aromatic carbocycles. The quantitative estimate of drug-likeness (QED) is 0.656. The van der Waals surface area contributed by atoms with Crippen molar-refractivity contribution in [3.63, 3.8) is 0 Å². The molecule has 3 aliphatic heterocycles. The average Bonchev–Trinajstić information content (AvgIpc) is 2.99. The van der Waals surface area contributed by atoms with E-state index in [1.807, 2.05) is 20.8 Å². The van der Waals surface area contributed by atoms with Crippen molar-refractivity contribution >= 4 is 5.97 Å². The van der Waals surface area contributed by atoms with Gasteiger partial charge in [-0.05, 0) is 78.2 Å². The maximum atomic E-state index is 12.1. The van der Waals surface area contributed by atoms with E-state index in [2.05, 4.69) is 6.92 Å². The van der Waals surface area contributed by atoms with Crippen molar-refractivity contribution < 1.29 is 24.5 Å². The van der Waals surface area contributed by atoms with Crippen LogP contribution in [0, 0.1) is 0 Å². The molecular weight excluding hydrogens is 320 g/mol. The van der Waals surface area contributed by atoms with Crippen LogP contribution in [0.25, 0.3) is 0 Å². The summed E-state index contributed by atoms with van der Waals surface area (Å²) in [5, 5.41) is 21.6. The smallest absolute Gasteiger partial charge is 0.334 e. The van der Waals surface area contributed by atoms with Crippen molar-refractivity contribution in [3.8, 4) is 0 Å². The third kappa shape index (κ3) is 3.93. The number of rotatable bonds is 0. The van der Waals surface area contributed by atoms with E-state index in [1.165, 1.54) is 0 Å². The van der Waals surface area contributed by atoms with Gasteiger partial charge in [0, 0.05) is 12.0 Å². The molecule has 5 atom stereocenters. The van der Waals surface area contributed by atoms with E-state index in [0.717, 1.165) is 24.8 Å². The van der Waals surface area contributed by atoms with Crippen LogP contribution in [0.3, 0.4) is 0 Å². The first-order chi connectivity index (χ1) is 11.5. The molecule has 3 heterocycles. The molecule has 0 amide bonds. The van der Waals surface area contributed by atoms with Crippen LogP contribution < -0.4 is 0 Å². The summed E-state index contributed by atoms with van der Waals surface area (Å²) in [4.78, 5) is 12.1. The van der Waals surface area contributed by atoms with Crippen molar-refractivity contribution in [2.24, 2.45) is 0 Å². The van der Waals surface area contributed by atoms with Gasteiger partial charge in [0.2, 0.25) is 0 Å². The second kappa shape index (κ2) is 6.36. The Morgan fingerprint density at radius 1 is 1.08 bits per heavy atom. The molecule has 0 saturated carbocycles. The molecule has 0 radical (unpaired) electrons. The first-order valence-electron chi connectivity index (χ1n) is 9.55. The van der Waals surface area contributed by atoms with Crippen LogP contribution >= 0.6 is 0 Å². The maximum Gasteiger partial charge on any atom is 0.334 e. The van der Waals surface area contributed by atoms with Crippen LogP contribution in [-0.2, 0) is 14.3 Å². The van der Waals surface area contributed by atoms with Crippen molar-refractivity contribution in [1.29, 1.82) is 0 Å². The average molecular weight is 352 g/mol. The molecule has 0 unspecified atom stereocenters. The van der Waals surface area contributed by atoms with Gasteiger partial charge < -0.3 is 19.7 Å². The van der Waals surface area contributed by atoms with E-state index in [-0.39, 0.29) is 18.2 Å². The number of ether oxygens (including phenoxy) is 2. The van der Waals surface area contributed by atoms with E-state index in [1.54, 1.807) is 0 Å². The first-order valence-corrected chi connectivity index (χ1v) is 9.55. The Balaban J connectivity index is 1.88. The Labute approximate surface area is 150 Å². The van der Waals surface area contributed by atoms with Crippen molar-refractivity contribution in [1.82, 2.24) is 0 Å². The third-order valence-electron chi connectivity index (χ3n) is 6.43. The Morgan fingerprint density at radius 2 is 1.80 bits per heavy atom. The normalized spacial score (nSPS) is 46.1. The number of hydrogen-bond acceptors (Lipinski definition) is 5. The molecule has 3 rings (SSSR count). The molecule has 2 N–H and O–H groups in total. The second-order valence-electron chi connectivity index (χ2n) is 9.05. The lowest BCUT2D eigenvalue weighted by molar-refractivity contribution is -0.149. The summed E-state index contributed by atoms with van der Waals surface area (Å²) in [6.07, 6.45) is 5.01. The van der Waals surface area contributed by atoms with Gasteiger partial charge in [-0.2, -0.15) is 0 Å². The topological polar surface area (TPSA) is 76.0 Å². The second-order valence-corrected chi connectivity index (χ2v) is 9.05. The minimum absolute atomic E-state index is 0.214. The van der Waals surface area contributed by atoms with E-state index in [4.69, 9.17) is 9.47 Å². The number of carbonyl (C=O) groups excluding carboxylic acids is 1. The van der Waals surface area contributed by atoms with Gasteiger partial charge in [0.05, 0.1) is 22.9 Å². The molecule has 0 aromatic rings. The predicted molar refractivity (Wildman–Crippen MR) is 94.0 cm³/mol. The van der Waals surface area contributed by atoms with E-state index in [9.17, 15) is 15.0 Å². The Morgan fingerprint density at radius 3 is 2.52 bits per heavy atom. The first kappa shape index (κ1) is 18.9. The van der Waals surface area contributed by atoms with Gasteiger partial charge >= 0.3 is 5.97 Å². The molecule has 0 aliphatic carbocycles. The fourth-order valence-electron chi connectivity index (χ4n) is 4.57. The Hall–Kier alpha value is -0.910. The summed E-state index contributed by atoms with van der Waals surface area (Å²) in [6.45, 7) is 7.55. The van der Waals surface area contributed by atoms with Crippen molar-refractivity contribution in [2.45, 2.75) is 108 Å². The van der Waals surface area contributed by atoms with Gasteiger partial charge in [0.15, 0.2) is 0 Å². The lowest BCUT2D eigenvalue weighted by atomic mass is 9.83. The molecule has 2 fully saturated rings. The summed E-state index contributed by atoms with van der Waals surface area (Å²) in [5.74, 6) is -0.253. The van der Waals surface area contributed by atoms with Gasteiger partial charge in [-0.3, -0.25) is 0 Å². The number of carbonyl (C=O) groups is 1. The molecular formula is C20H32O5. The lowest BCUT2D eigenvalue weighted by Gasteiger charge is -2.34. The minimum atomic E-state index is -0.900. The van der Waals surface area contributed by atoms with Crippen molar-refractivity contribution in [2.75, 3.05) is 0 Å². The highest BCUT2D eigenvalue weighted by Crippen LogP contribution is 2.43. The van der Waals surface area contributed by atoms with Crippen LogP contribution in [0.5, 0.6) is 0 Å². The molecule has 142 valence electrons. The summed E-state index contributed by atoms with van der Waals surface area (Å²) >= 11 is 0. The molecule has 2 saturated heterocycles. The van der Waals surface area contributed by atoms with Crippen LogP contribution in [0.2, 0.25) is 0 Å². The number of aliphatic hydroxyl groups is 2. The van der Waals surface area contributed by atoms with E-state index in [0.29, 0.717) is 37.7 Å². The molecule has 25 heavy (non-hydrogen) atoms. The number of hydrogen-bond donors (Lipinski definition) is 2. The molecule has 0 spiro atoms. The van der Waals surface area contributed by atoms with Crippen LogP contribution in [0.1, 0.15) is 79.1 Å². The van der Waals surface area contributed by atoms with Crippen LogP contribution in [0.4, 0.5) is 0 Å². The molecule has 5 heteroatoms. The van der Waals surface area contributed by atoms with E-state index < -0.39 is 16.8 Å². The summed E-state index contributed by atoms with van der Waals surface area (Å²) in [5.41, 5.74) is -0.419. The fourth-order valence-corrected chi connectivity index (χ4v) is 4.57. The Bertz CT molecular complexity index is 577. The summed E-state index contributed by atoms with van der Waals surface area (Å²) in [6, 6.07) is 0. The zero-order chi connectivity index (χ0) is 18.5. The SMILES string of the molecule is CC1=C2CC[C@](C)(O)CCC[C@@](C)(O)[C@H]3CC[C@@](C)(C[C@H]2OC1=O)O3. The monoisotopic (exact) mass is 352 g/mol. The highest BCUT2D eigenvalue weighted by Gasteiger charge is 2.47. The van der Waals surface area contributed by atoms with Crippen molar-refractivity contribution in [3.05, 3.63) is 11.1 Å². The highest BCUT2D eigenvalue weighted by atomic mass is 16.6. The van der Waals surface area contributed by atoms with Crippen LogP contribution in [-0.4, -0.2) is 45.2 Å². The summed E-state index contributed by atoms with van der Waals surface area (Å²) in [7, 11) is 0. The standard InChI is InChI=1S/C20H32O5/c1-13-14-6-10-18(2,22)8-5-9-20(4,23)16-7-11-19(3,25-16)12-15(14)24-17(13)21/h15-16,22-23H,5-12H2,1-4H3/t15-,16-,18-,19+,20-/m1/s1. The predicted octanol–water partition coefficient (Wildman–Crippen LogP) is 3.02. The molecule has 5 nitrogen and oxygen atoms in total. The van der Waals surface area contributed by atoms with Gasteiger partial charge in [0.1, 0.15) is 6.10 Å². The van der Waals surface area contributed by atoms with E-state index >= 15 is 0 Å². The number of esters is 1. The summed E-state index contributed by atoms with van der Waals surface area (Å²) < 4.78 is 11.9. The number of fused-ring (bicyclic) bond motifs is 3. The van der Waals surface area contributed by atoms with Crippen LogP contribution in [0.15, 0.2) is 11.1 Å².